The van der Waals surface area contributed by atoms with Crippen LogP contribution in [0, 0.1) is 17.8 Å². The van der Waals surface area contributed by atoms with Crippen molar-refractivity contribution >= 4 is 17.8 Å². The maximum absolute atomic E-state index is 13.2. The summed E-state index contributed by atoms with van der Waals surface area (Å²) in [5.74, 6) is -3.31. The van der Waals surface area contributed by atoms with Crippen molar-refractivity contribution in [2.75, 3.05) is 0 Å². The lowest BCUT2D eigenvalue weighted by molar-refractivity contribution is -0.143. The van der Waals surface area contributed by atoms with E-state index in [1.807, 2.05) is 60.7 Å². The van der Waals surface area contributed by atoms with E-state index in [4.69, 9.17) is 0 Å². The van der Waals surface area contributed by atoms with Crippen LogP contribution in [0.1, 0.15) is 43.2 Å². The van der Waals surface area contributed by atoms with Crippen molar-refractivity contribution in [3.05, 3.63) is 71.8 Å². The molecule has 0 heterocycles. The number of hydrogen-bond donors (Lipinski definition) is 3. The van der Waals surface area contributed by atoms with Gasteiger partial charge in [-0.2, -0.15) is 0 Å². The highest BCUT2D eigenvalue weighted by atomic mass is 16.4. The summed E-state index contributed by atoms with van der Waals surface area (Å²) >= 11 is 0. The predicted octanol–water partition coefficient (Wildman–Crippen LogP) is 3.94. The molecule has 32 heavy (non-hydrogen) atoms. The van der Waals surface area contributed by atoms with Crippen LogP contribution in [0.25, 0.3) is 0 Å². The number of benzene rings is 2. The zero-order valence-electron chi connectivity index (χ0n) is 18.2. The number of rotatable bonds is 10. The van der Waals surface area contributed by atoms with E-state index in [1.165, 1.54) is 0 Å². The first kappa shape index (κ1) is 23.5. The van der Waals surface area contributed by atoms with Gasteiger partial charge in [-0.25, -0.2) is 0 Å². The van der Waals surface area contributed by atoms with Crippen LogP contribution >= 0.6 is 0 Å². The maximum Gasteiger partial charge on any atom is 0.306 e. The molecule has 3 rings (SSSR count). The van der Waals surface area contributed by atoms with Crippen LogP contribution in [-0.2, 0) is 27.2 Å². The highest BCUT2D eigenvalue weighted by Crippen LogP contribution is 2.26. The summed E-state index contributed by atoms with van der Waals surface area (Å²) in [5.41, 5.74) is 1.93. The molecule has 1 saturated carbocycles. The lowest BCUT2D eigenvalue weighted by Crippen LogP contribution is -2.43. The van der Waals surface area contributed by atoms with Gasteiger partial charge in [-0.15, -0.1) is 0 Å². The maximum atomic E-state index is 13.2. The van der Waals surface area contributed by atoms with Gasteiger partial charge in [0.25, 0.3) is 0 Å². The molecule has 3 N–H and O–H groups in total. The van der Waals surface area contributed by atoms with E-state index < -0.39 is 23.8 Å². The SMILES string of the molecule is O=C(O)C1CCC(NC(=O)[C@H](Cc2ccccc2)C[C@@H](Cc2ccccc2)C(=O)O)CC1. The van der Waals surface area contributed by atoms with Gasteiger partial charge in [0.05, 0.1) is 11.8 Å². The van der Waals surface area contributed by atoms with E-state index in [0.29, 0.717) is 38.5 Å². The van der Waals surface area contributed by atoms with Gasteiger partial charge in [-0.05, 0) is 56.1 Å². The monoisotopic (exact) mass is 437 g/mol. The standard InChI is InChI=1S/C26H31NO5/c28-24(27-23-13-11-20(12-14-23)25(29)30)21(15-18-7-3-1-4-8-18)17-22(26(31)32)16-19-9-5-2-6-10-19/h1-10,20-23H,11-17H2,(H,27,28)(H,29,30)(H,31,32)/t20?,21-,22-,23?/m1/s1. The molecule has 0 aliphatic heterocycles. The van der Waals surface area contributed by atoms with Crippen LogP contribution in [0.2, 0.25) is 0 Å². The van der Waals surface area contributed by atoms with E-state index in [9.17, 15) is 24.6 Å². The van der Waals surface area contributed by atoms with Crippen LogP contribution < -0.4 is 5.32 Å². The third kappa shape index (κ3) is 6.94. The minimum Gasteiger partial charge on any atom is -0.481 e. The van der Waals surface area contributed by atoms with Gasteiger partial charge >= 0.3 is 11.9 Å². The molecule has 1 aliphatic rings. The molecule has 2 aromatic carbocycles. The van der Waals surface area contributed by atoms with Crippen LogP contribution in [0.5, 0.6) is 0 Å². The minimum atomic E-state index is -0.901. The second-order valence-electron chi connectivity index (χ2n) is 8.74. The van der Waals surface area contributed by atoms with Crippen molar-refractivity contribution in [2.45, 2.75) is 51.0 Å². The third-order valence-electron chi connectivity index (χ3n) is 6.36. The van der Waals surface area contributed by atoms with Gasteiger partial charge in [0.1, 0.15) is 0 Å². The number of carbonyl (C=O) groups is 3. The van der Waals surface area contributed by atoms with E-state index in [-0.39, 0.29) is 24.3 Å². The Morgan fingerprint density at radius 3 is 1.75 bits per heavy atom. The van der Waals surface area contributed by atoms with Gasteiger partial charge in [-0.3, -0.25) is 14.4 Å². The molecule has 1 amide bonds. The summed E-state index contributed by atoms with van der Waals surface area (Å²) in [7, 11) is 0. The number of amides is 1. The number of hydrogen-bond acceptors (Lipinski definition) is 3. The third-order valence-corrected chi connectivity index (χ3v) is 6.36. The quantitative estimate of drug-likeness (QED) is 0.522. The molecule has 1 aliphatic carbocycles. The van der Waals surface area contributed by atoms with Gasteiger partial charge in [0, 0.05) is 12.0 Å². The molecule has 0 unspecified atom stereocenters. The molecule has 0 spiro atoms. The molecular formula is C26H31NO5. The highest BCUT2D eigenvalue weighted by molar-refractivity contribution is 5.80. The molecule has 2 aromatic rings. The molecule has 6 heteroatoms. The van der Waals surface area contributed by atoms with Crippen LogP contribution in [0.3, 0.4) is 0 Å². The number of carboxylic acids is 2. The molecule has 1 fully saturated rings. The summed E-state index contributed by atoms with van der Waals surface area (Å²) < 4.78 is 0. The summed E-state index contributed by atoms with van der Waals surface area (Å²) in [4.78, 5) is 36.4. The van der Waals surface area contributed by atoms with E-state index in [1.54, 1.807) is 0 Å². The number of aliphatic carboxylic acids is 2. The van der Waals surface area contributed by atoms with Crippen molar-refractivity contribution in [1.29, 1.82) is 0 Å². The Morgan fingerprint density at radius 2 is 1.28 bits per heavy atom. The highest BCUT2D eigenvalue weighted by Gasteiger charge is 2.31. The summed E-state index contributed by atoms with van der Waals surface area (Å²) in [6.07, 6.45) is 3.45. The number of carbonyl (C=O) groups excluding carboxylic acids is 1. The fourth-order valence-electron chi connectivity index (χ4n) is 4.50. The van der Waals surface area contributed by atoms with Crippen molar-refractivity contribution < 1.29 is 24.6 Å². The first-order chi connectivity index (χ1) is 15.4. The molecule has 0 aromatic heterocycles. The Balaban J connectivity index is 1.70. The average molecular weight is 438 g/mol. The fourth-order valence-corrected chi connectivity index (χ4v) is 4.50. The van der Waals surface area contributed by atoms with Gasteiger partial charge < -0.3 is 15.5 Å². The largest absolute Gasteiger partial charge is 0.481 e. The molecular weight excluding hydrogens is 406 g/mol. The van der Waals surface area contributed by atoms with E-state index in [0.717, 1.165) is 11.1 Å². The number of carboxylic acid groups (broad SMARTS) is 2. The van der Waals surface area contributed by atoms with Gasteiger partial charge in [0.15, 0.2) is 0 Å². The van der Waals surface area contributed by atoms with Crippen LogP contribution in [0.4, 0.5) is 0 Å². The zero-order chi connectivity index (χ0) is 22.9. The molecule has 170 valence electrons. The summed E-state index contributed by atoms with van der Waals surface area (Å²) in [5, 5.41) is 22.1. The van der Waals surface area contributed by atoms with Crippen molar-refractivity contribution in [3.63, 3.8) is 0 Å². The Kier molecular flexibility index (Phi) is 8.42. The average Bonchev–Trinajstić information content (AvgIpc) is 2.79. The summed E-state index contributed by atoms with van der Waals surface area (Å²) in [6.45, 7) is 0. The van der Waals surface area contributed by atoms with Crippen LogP contribution in [0.15, 0.2) is 60.7 Å². The Hall–Kier alpha value is -3.15. The number of nitrogens with one attached hydrogen (secondary N) is 1. The Bertz CT molecular complexity index is 891. The van der Waals surface area contributed by atoms with Gasteiger partial charge in [-0.1, -0.05) is 60.7 Å². The topological polar surface area (TPSA) is 104 Å². The lowest BCUT2D eigenvalue weighted by atomic mass is 9.83. The van der Waals surface area contributed by atoms with Crippen molar-refractivity contribution in [2.24, 2.45) is 17.8 Å². The van der Waals surface area contributed by atoms with Gasteiger partial charge in [0.2, 0.25) is 5.91 Å². The molecule has 0 saturated heterocycles. The normalized spacial score (nSPS) is 20.1. The molecule has 6 nitrogen and oxygen atoms in total. The van der Waals surface area contributed by atoms with Crippen molar-refractivity contribution in [1.82, 2.24) is 5.32 Å². The Labute approximate surface area is 188 Å². The predicted molar refractivity (Wildman–Crippen MR) is 121 cm³/mol. The first-order valence-electron chi connectivity index (χ1n) is 11.3. The van der Waals surface area contributed by atoms with E-state index >= 15 is 0 Å². The molecule has 0 bridgehead atoms. The summed E-state index contributed by atoms with van der Waals surface area (Å²) in [6, 6.07) is 19.0. The fraction of sp³-hybridized carbons (Fsp3) is 0.423. The Morgan fingerprint density at radius 1 is 0.781 bits per heavy atom. The van der Waals surface area contributed by atoms with Crippen molar-refractivity contribution in [3.8, 4) is 0 Å². The molecule has 0 radical (unpaired) electrons. The minimum absolute atomic E-state index is 0.0613. The first-order valence-corrected chi connectivity index (χ1v) is 11.3. The second-order valence-corrected chi connectivity index (χ2v) is 8.74. The smallest absolute Gasteiger partial charge is 0.306 e. The zero-order valence-corrected chi connectivity index (χ0v) is 18.2. The van der Waals surface area contributed by atoms with Crippen LogP contribution in [-0.4, -0.2) is 34.1 Å². The second kappa shape index (κ2) is 11.5. The molecule has 2 atom stereocenters. The lowest BCUT2D eigenvalue weighted by Gasteiger charge is -2.29. The van der Waals surface area contributed by atoms with E-state index in [2.05, 4.69) is 5.32 Å².